The van der Waals surface area contributed by atoms with Crippen molar-refractivity contribution in [3.63, 3.8) is 0 Å². The first-order valence-corrected chi connectivity index (χ1v) is 11.7. The highest BCUT2D eigenvalue weighted by molar-refractivity contribution is 7.22. The molecule has 33 heavy (non-hydrogen) atoms. The molecule has 0 unspecified atom stereocenters. The summed E-state index contributed by atoms with van der Waals surface area (Å²) in [6.45, 7) is 3.03. The molecule has 1 amide bonds. The van der Waals surface area contributed by atoms with Crippen LogP contribution in [0.2, 0.25) is 0 Å². The number of unbranched alkanes of at least 4 members (excludes halogenated alkanes) is 1. The molecule has 8 heteroatoms. The normalized spacial score (nSPS) is 12.4. The molecule has 0 bridgehead atoms. The maximum absolute atomic E-state index is 13.3. The van der Waals surface area contributed by atoms with E-state index in [0.717, 1.165) is 34.0 Å². The van der Waals surface area contributed by atoms with Crippen LogP contribution in [0, 0.1) is 0 Å². The molecular weight excluding hydrogens is 440 g/mol. The quantitative estimate of drug-likeness (QED) is 0.405. The van der Waals surface area contributed by atoms with Crippen LogP contribution in [-0.4, -0.2) is 23.9 Å². The largest absolute Gasteiger partial charge is 0.491 e. The summed E-state index contributed by atoms with van der Waals surface area (Å²) in [6, 6.07) is 13.3. The number of thiophene rings is 1. The Bertz CT molecular complexity index is 1420. The topological polar surface area (TPSA) is 78.8 Å². The fourth-order valence-corrected chi connectivity index (χ4v) is 5.14. The number of carbonyl (C=O) groups is 1. The van der Waals surface area contributed by atoms with Gasteiger partial charge < -0.3 is 24.1 Å². The lowest BCUT2D eigenvalue weighted by Crippen LogP contribution is -2.23. The van der Waals surface area contributed by atoms with E-state index in [1.54, 1.807) is 11.6 Å². The molecule has 170 valence electrons. The zero-order chi connectivity index (χ0) is 22.9. The van der Waals surface area contributed by atoms with Crippen LogP contribution < -0.4 is 25.1 Å². The number of benzene rings is 2. The molecule has 5 rings (SSSR count). The number of pyridine rings is 1. The van der Waals surface area contributed by atoms with Crippen LogP contribution >= 0.6 is 11.3 Å². The number of fused-ring (bicyclic) bond motifs is 4. The molecule has 0 radical (unpaired) electrons. The number of hydrogen-bond donors (Lipinski definition) is 1. The van der Waals surface area contributed by atoms with Gasteiger partial charge in [0.05, 0.1) is 16.8 Å². The Morgan fingerprint density at radius 3 is 2.85 bits per heavy atom. The first kappa shape index (κ1) is 21.3. The van der Waals surface area contributed by atoms with Crippen LogP contribution in [0.4, 0.5) is 0 Å². The van der Waals surface area contributed by atoms with Gasteiger partial charge in [-0.05, 0) is 30.2 Å². The fraction of sp³-hybridized carbons (Fsp3) is 0.280. The van der Waals surface area contributed by atoms with Gasteiger partial charge in [0.15, 0.2) is 17.2 Å². The van der Waals surface area contributed by atoms with Crippen LogP contribution in [0.3, 0.4) is 0 Å². The van der Waals surface area contributed by atoms with Gasteiger partial charge in [0, 0.05) is 19.0 Å². The number of aromatic nitrogens is 1. The number of para-hydroxylation sites is 1. The smallest absolute Gasteiger partial charge is 0.265 e. The number of aryl methyl sites for hydroxylation is 1. The summed E-state index contributed by atoms with van der Waals surface area (Å²) < 4.78 is 19.2. The van der Waals surface area contributed by atoms with E-state index in [0.29, 0.717) is 40.7 Å². The highest BCUT2D eigenvalue weighted by Crippen LogP contribution is 2.40. The van der Waals surface area contributed by atoms with Crippen molar-refractivity contribution < 1.29 is 19.0 Å². The van der Waals surface area contributed by atoms with Crippen molar-refractivity contribution in [2.45, 2.75) is 26.3 Å². The molecule has 0 atom stereocenters. The Balaban J connectivity index is 1.53. The Hall–Kier alpha value is -3.52. The van der Waals surface area contributed by atoms with Crippen molar-refractivity contribution in [3.05, 3.63) is 63.3 Å². The van der Waals surface area contributed by atoms with Gasteiger partial charge in [0.2, 0.25) is 6.79 Å². The molecule has 0 spiro atoms. The monoisotopic (exact) mass is 464 g/mol. The van der Waals surface area contributed by atoms with Crippen LogP contribution in [0.1, 0.15) is 35.0 Å². The minimum absolute atomic E-state index is 0.165. The molecule has 2 aromatic carbocycles. The Labute approximate surface area is 194 Å². The SMILES string of the molecule is CCCCOc1c(C(=O)NCc2ccc3c(c2)OCO3)sc2c1c(=O)n(C)c1ccccc21. The fourth-order valence-electron chi connectivity index (χ4n) is 3.95. The first-order chi connectivity index (χ1) is 16.1. The second-order valence-corrected chi connectivity index (χ2v) is 8.94. The molecule has 2 aromatic heterocycles. The van der Waals surface area contributed by atoms with Crippen molar-refractivity contribution in [2.75, 3.05) is 13.4 Å². The summed E-state index contributed by atoms with van der Waals surface area (Å²) in [5.41, 5.74) is 1.55. The third kappa shape index (κ3) is 3.80. The molecular formula is C25H24N2O5S. The van der Waals surface area contributed by atoms with Crippen LogP contribution in [-0.2, 0) is 13.6 Å². The Kier molecular flexibility index (Phi) is 5.68. The summed E-state index contributed by atoms with van der Waals surface area (Å²) in [7, 11) is 1.75. The molecule has 3 heterocycles. The first-order valence-electron chi connectivity index (χ1n) is 10.9. The van der Waals surface area contributed by atoms with Gasteiger partial charge in [0.25, 0.3) is 11.5 Å². The molecule has 0 aliphatic carbocycles. The molecule has 4 aromatic rings. The molecule has 1 aliphatic rings. The summed E-state index contributed by atoms with van der Waals surface area (Å²) in [5.74, 6) is 1.47. The van der Waals surface area contributed by atoms with E-state index in [-0.39, 0.29) is 18.3 Å². The molecule has 0 saturated carbocycles. The lowest BCUT2D eigenvalue weighted by molar-refractivity contribution is 0.0951. The summed E-state index contributed by atoms with van der Waals surface area (Å²) >= 11 is 1.30. The maximum atomic E-state index is 13.3. The number of carbonyl (C=O) groups excluding carboxylic acids is 1. The molecule has 0 fully saturated rings. The van der Waals surface area contributed by atoms with Crippen LogP contribution in [0.25, 0.3) is 21.0 Å². The van der Waals surface area contributed by atoms with Crippen molar-refractivity contribution in [1.29, 1.82) is 0 Å². The van der Waals surface area contributed by atoms with E-state index in [9.17, 15) is 9.59 Å². The lowest BCUT2D eigenvalue weighted by Gasteiger charge is -2.10. The van der Waals surface area contributed by atoms with E-state index in [1.807, 2.05) is 42.5 Å². The Morgan fingerprint density at radius 1 is 1.18 bits per heavy atom. The Morgan fingerprint density at radius 2 is 2.00 bits per heavy atom. The average Bonchev–Trinajstić information content (AvgIpc) is 3.46. The number of hydrogen-bond acceptors (Lipinski definition) is 6. The minimum atomic E-state index is -0.272. The molecule has 1 aliphatic heterocycles. The zero-order valence-corrected chi connectivity index (χ0v) is 19.3. The lowest BCUT2D eigenvalue weighted by atomic mass is 10.1. The van der Waals surface area contributed by atoms with Gasteiger partial charge in [0.1, 0.15) is 10.3 Å². The number of nitrogens with one attached hydrogen (secondary N) is 1. The van der Waals surface area contributed by atoms with E-state index >= 15 is 0 Å². The van der Waals surface area contributed by atoms with Crippen LogP contribution in [0.5, 0.6) is 17.2 Å². The molecule has 1 N–H and O–H groups in total. The zero-order valence-electron chi connectivity index (χ0n) is 18.5. The van der Waals surface area contributed by atoms with Gasteiger partial charge >= 0.3 is 0 Å². The van der Waals surface area contributed by atoms with Crippen molar-refractivity contribution in [1.82, 2.24) is 9.88 Å². The van der Waals surface area contributed by atoms with E-state index in [1.165, 1.54) is 11.3 Å². The predicted octanol–water partition coefficient (Wildman–Crippen LogP) is 4.59. The number of ether oxygens (including phenoxy) is 3. The second-order valence-electron chi connectivity index (χ2n) is 7.92. The van der Waals surface area contributed by atoms with E-state index in [2.05, 4.69) is 12.2 Å². The minimum Gasteiger partial charge on any atom is -0.491 e. The average molecular weight is 465 g/mol. The number of nitrogens with zero attached hydrogens (tertiary/aromatic N) is 1. The van der Waals surface area contributed by atoms with Crippen LogP contribution in [0.15, 0.2) is 47.3 Å². The molecule has 7 nitrogen and oxygen atoms in total. The third-order valence-corrected chi connectivity index (χ3v) is 6.94. The highest BCUT2D eigenvalue weighted by atomic mass is 32.1. The molecule has 0 saturated heterocycles. The van der Waals surface area contributed by atoms with Crippen molar-refractivity contribution >= 4 is 38.2 Å². The highest BCUT2D eigenvalue weighted by Gasteiger charge is 2.25. The van der Waals surface area contributed by atoms with Gasteiger partial charge in [-0.2, -0.15) is 0 Å². The third-order valence-electron chi connectivity index (χ3n) is 5.73. The van der Waals surface area contributed by atoms with Gasteiger partial charge in [-0.15, -0.1) is 11.3 Å². The van der Waals surface area contributed by atoms with Crippen molar-refractivity contribution in [3.8, 4) is 17.2 Å². The van der Waals surface area contributed by atoms with Gasteiger partial charge in [-0.25, -0.2) is 0 Å². The number of amides is 1. The van der Waals surface area contributed by atoms with Gasteiger partial charge in [-0.3, -0.25) is 9.59 Å². The summed E-state index contributed by atoms with van der Waals surface area (Å²) in [5, 5.41) is 4.36. The maximum Gasteiger partial charge on any atom is 0.265 e. The predicted molar refractivity (Wildman–Crippen MR) is 129 cm³/mol. The summed E-state index contributed by atoms with van der Waals surface area (Å²) in [4.78, 5) is 26.9. The van der Waals surface area contributed by atoms with E-state index < -0.39 is 0 Å². The number of rotatable bonds is 7. The van der Waals surface area contributed by atoms with E-state index in [4.69, 9.17) is 14.2 Å². The second kappa shape index (κ2) is 8.78. The van der Waals surface area contributed by atoms with Crippen molar-refractivity contribution in [2.24, 2.45) is 7.05 Å². The standard InChI is InChI=1S/C25H24N2O5S/c1-3-4-11-30-21-20-22(16-7-5-6-8-17(16)27(2)25(20)29)33-23(21)24(28)26-13-15-9-10-18-19(12-15)32-14-31-18/h5-10,12H,3-4,11,13-14H2,1-2H3,(H,26,28). The van der Waals surface area contributed by atoms with Gasteiger partial charge in [-0.1, -0.05) is 37.6 Å². The summed E-state index contributed by atoms with van der Waals surface area (Å²) in [6.07, 6.45) is 1.79.